The lowest BCUT2D eigenvalue weighted by Crippen LogP contribution is -2.31. The van der Waals surface area contributed by atoms with Crippen molar-refractivity contribution in [2.24, 2.45) is 5.92 Å². The lowest BCUT2D eigenvalue weighted by Gasteiger charge is -2.18. The van der Waals surface area contributed by atoms with Crippen LogP contribution in [0.5, 0.6) is 0 Å². The normalized spacial score (nSPS) is 12.9. The fraction of sp³-hybridized carbons (Fsp3) is 0.462. The summed E-state index contributed by atoms with van der Waals surface area (Å²) in [6.07, 6.45) is 0.267. The maximum Gasteiger partial charge on any atom is 0.326 e. The molecule has 1 aromatic rings. The van der Waals surface area contributed by atoms with E-state index in [4.69, 9.17) is 0 Å². The van der Waals surface area contributed by atoms with E-state index >= 15 is 0 Å². The largest absolute Gasteiger partial charge is 0.480 e. The van der Waals surface area contributed by atoms with Crippen molar-refractivity contribution >= 4 is 27.4 Å². The van der Waals surface area contributed by atoms with Crippen molar-refractivity contribution < 1.29 is 23.2 Å². The van der Waals surface area contributed by atoms with Crippen molar-refractivity contribution in [1.82, 2.24) is 4.72 Å². The Morgan fingerprint density at radius 3 is 2.43 bits per heavy atom. The summed E-state index contributed by atoms with van der Waals surface area (Å²) in [4.78, 5) is 21.4. The van der Waals surface area contributed by atoms with Crippen molar-refractivity contribution in [3.05, 3.63) is 28.3 Å². The first kappa shape index (κ1) is 18.8. The van der Waals surface area contributed by atoms with Crippen molar-refractivity contribution in [3.63, 3.8) is 0 Å². The van der Waals surface area contributed by atoms with Gasteiger partial charge in [0.15, 0.2) is 0 Å². The predicted octanol–water partition coefficient (Wildman–Crippen LogP) is 1.41. The Hall–Kier alpha value is -2.20. The van der Waals surface area contributed by atoms with E-state index in [2.05, 4.69) is 10.0 Å². The molecule has 0 amide bonds. The van der Waals surface area contributed by atoms with Crippen LogP contribution in [0.3, 0.4) is 0 Å². The second-order valence-electron chi connectivity index (χ2n) is 5.31. The van der Waals surface area contributed by atoms with Crippen LogP contribution < -0.4 is 10.0 Å². The third-order valence-electron chi connectivity index (χ3n) is 3.08. The summed E-state index contributed by atoms with van der Waals surface area (Å²) in [7, 11) is -2.64. The summed E-state index contributed by atoms with van der Waals surface area (Å²) >= 11 is 0. The van der Waals surface area contributed by atoms with Crippen molar-refractivity contribution in [3.8, 4) is 0 Å². The van der Waals surface area contributed by atoms with Gasteiger partial charge in [-0.25, -0.2) is 17.9 Å². The second kappa shape index (κ2) is 7.38. The van der Waals surface area contributed by atoms with E-state index in [0.29, 0.717) is 0 Å². The standard InChI is InChI=1S/C13H19N3O6S/c1-8(2)6-11(13(17)18)15-10-5-4-9(23(21,22)14-3)7-12(10)16(19)20/h4-5,7-8,11,14-15H,6H2,1-3H3,(H,17,18)/t11-/m1/s1. The zero-order valence-electron chi connectivity index (χ0n) is 12.9. The number of rotatable bonds is 8. The second-order valence-corrected chi connectivity index (χ2v) is 7.19. The number of nitrogens with zero attached hydrogens (tertiary/aromatic N) is 1. The smallest absolute Gasteiger partial charge is 0.326 e. The molecule has 0 aliphatic heterocycles. The molecule has 0 saturated heterocycles. The number of hydrogen-bond acceptors (Lipinski definition) is 6. The van der Waals surface area contributed by atoms with E-state index in [1.165, 1.54) is 19.2 Å². The Morgan fingerprint density at radius 1 is 1.39 bits per heavy atom. The van der Waals surface area contributed by atoms with Gasteiger partial charge in [0.05, 0.1) is 9.82 Å². The van der Waals surface area contributed by atoms with E-state index in [-0.39, 0.29) is 22.9 Å². The summed E-state index contributed by atoms with van der Waals surface area (Å²) < 4.78 is 25.5. The van der Waals surface area contributed by atoms with Crippen LogP contribution in [-0.4, -0.2) is 37.5 Å². The molecule has 0 aliphatic rings. The first-order valence-electron chi connectivity index (χ1n) is 6.79. The van der Waals surface area contributed by atoms with E-state index in [9.17, 15) is 28.4 Å². The summed E-state index contributed by atoms with van der Waals surface area (Å²) in [5.41, 5.74) is -0.547. The van der Waals surface area contributed by atoms with Crippen LogP contribution in [0.4, 0.5) is 11.4 Å². The Labute approximate surface area is 133 Å². The molecule has 1 atom stereocenters. The van der Waals surface area contributed by atoms with E-state index in [0.717, 1.165) is 6.07 Å². The molecular formula is C13H19N3O6S. The summed E-state index contributed by atoms with van der Waals surface area (Å²) in [6, 6.07) is 2.25. The van der Waals surface area contributed by atoms with Gasteiger partial charge in [0.25, 0.3) is 5.69 Å². The third-order valence-corrected chi connectivity index (χ3v) is 4.49. The van der Waals surface area contributed by atoms with Gasteiger partial charge in [-0.2, -0.15) is 0 Å². The van der Waals surface area contributed by atoms with Crippen LogP contribution in [0.15, 0.2) is 23.1 Å². The van der Waals surface area contributed by atoms with Gasteiger partial charge >= 0.3 is 5.97 Å². The molecule has 1 rings (SSSR count). The lowest BCUT2D eigenvalue weighted by atomic mass is 10.0. The van der Waals surface area contributed by atoms with Gasteiger partial charge in [0.2, 0.25) is 10.0 Å². The van der Waals surface area contributed by atoms with Gasteiger partial charge in [0, 0.05) is 6.07 Å². The number of nitrogens with one attached hydrogen (secondary N) is 2. The molecule has 0 aromatic heterocycles. The summed E-state index contributed by atoms with van der Waals surface area (Å²) in [5.74, 6) is -1.08. The fourth-order valence-corrected chi connectivity index (χ4v) is 2.70. The highest BCUT2D eigenvalue weighted by Crippen LogP contribution is 2.28. The van der Waals surface area contributed by atoms with E-state index in [1.54, 1.807) is 0 Å². The first-order valence-corrected chi connectivity index (χ1v) is 8.28. The average Bonchev–Trinajstić information content (AvgIpc) is 2.45. The number of nitro groups is 1. The molecule has 0 unspecified atom stereocenters. The molecule has 1 aromatic carbocycles. The minimum atomic E-state index is -3.83. The number of aliphatic carboxylic acids is 1. The van der Waals surface area contributed by atoms with Crippen LogP contribution in [0.1, 0.15) is 20.3 Å². The number of sulfonamides is 1. The molecule has 3 N–H and O–H groups in total. The molecular weight excluding hydrogens is 326 g/mol. The Morgan fingerprint density at radius 2 is 2.00 bits per heavy atom. The molecule has 0 spiro atoms. The molecule has 9 nitrogen and oxygen atoms in total. The molecule has 0 saturated carbocycles. The number of hydrogen-bond donors (Lipinski definition) is 3. The van der Waals surface area contributed by atoms with Crippen LogP contribution in [0.25, 0.3) is 0 Å². The zero-order valence-corrected chi connectivity index (χ0v) is 13.8. The molecule has 128 valence electrons. The number of nitro benzene ring substituents is 1. The maximum atomic E-state index is 11.7. The lowest BCUT2D eigenvalue weighted by molar-refractivity contribution is -0.384. The van der Waals surface area contributed by atoms with Gasteiger partial charge in [-0.15, -0.1) is 0 Å². The molecule has 23 heavy (non-hydrogen) atoms. The van der Waals surface area contributed by atoms with Gasteiger partial charge in [-0.3, -0.25) is 10.1 Å². The minimum absolute atomic E-state index is 0.0434. The first-order chi connectivity index (χ1) is 10.6. The minimum Gasteiger partial charge on any atom is -0.480 e. The van der Waals surface area contributed by atoms with Crippen molar-refractivity contribution in [2.75, 3.05) is 12.4 Å². The number of carboxylic acids is 1. The molecule has 0 bridgehead atoms. The van der Waals surface area contributed by atoms with Gasteiger partial charge in [-0.1, -0.05) is 13.8 Å². The average molecular weight is 345 g/mol. The quantitative estimate of drug-likeness (QED) is 0.478. The zero-order chi connectivity index (χ0) is 17.8. The van der Waals surface area contributed by atoms with Crippen LogP contribution in [-0.2, 0) is 14.8 Å². The molecule has 10 heteroatoms. The number of anilines is 1. The van der Waals surface area contributed by atoms with Gasteiger partial charge < -0.3 is 10.4 Å². The monoisotopic (exact) mass is 345 g/mol. The molecule has 0 heterocycles. The summed E-state index contributed by atoms with van der Waals surface area (Å²) in [5, 5.41) is 23.0. The highest BCUT2D eigenvalue weighted by atomic mass is 32.2. The number of benzene rings is 1. The fourth-order valence-electron chi connectivity index (χ4n) is 1.95. The van der Waals surface area contributed by atoms with Crippen LogP contribution in [0, 0.1) is 16.0 Å². The predicted molar refractivity (Wildman–Crippen MR) is 83.8 cm³/mol. The Kier molecular flexibility index (Phi) is 6.05. The highest BCUT2D eigenvalue weighted by molar-refractivity contribution is 7.89. The van der Waals surface area contributed by atoms with E-state index < -0.39 is 32.6 Å². The SMILES string of the molecule is CNS(=O)(=O)c1ccc(N[C@H](CC(C)C)C(=O)O)c([N+](=O)[O-])c1. The van der Waals surface area contributed by atoms with Crippen LogP contribution in [0.2, 0.25) is 0 Å². The number of carboxylic acid groups (broad SMARTS) is 1. The molecule has 0 fully saturated rings. The third kappa shape index (κ3) is 4.89. The van der Waals surface area contributed by atoms with Crippen LogP contribution >= 0.6 is 0 Å². The Balaban J connectivity index is 3.26. The molecule has 0 radical (unpaired) electrons. The highest BCUT2D eigenvalue weighted by Gasteiger charge is 2.25. The summed E-state index contributed by atoms with van der Waals surface area (Å²) in [6.45, 7) is 3.66. The topological polar surface area (TPSA) is 139 Å². The maximum absolute atomic E-state index is 11.7. The van der Waals surface area contributed by atoms with Crippen molar-refractivity contribution in [2.45, 2.75) is 31.2 Å². The Bertz CT molecular complexity index is 702. The number of carbonyl (C=O) groups is 1. The van der Waals surface area contributed by atoms with Gasteiger partial charge in [0.1, 0.15) is 11.7 Å². The molecule has 0 aliphatic carbocycles. The van der Waals surface area contributed by atoms with Crippen molar-refractivity contribution in [1.29, 1.82) is 0 Å². The van der Waals surface area contributed by atoms with Gasteiger partial charge in [-0.05, 0) is 31.5 Å². The van der Waals surface area contributed by atoms with E-state index in [1.807, 2.05) is 13.8 Å².